The van der Waals surface area contributed by atoms with Crippen molar-refractivity contribution in [3.63, 3.8) is 0 Å². The Hall–Kier alpha value is -0.890. The van der Waals surface area contributed by atoms with Crippen LogP contribution in [0.25, 0.3) is 0 Å². The lowest BCUT2D eigenvalue weighted by atomic mass is 9.97. The van der Waals surface area contributed by atoms with E-state index in [9.17, 15) is 0 Å². The van der Waals surface area contributed by atoms with E-state index in [1.807, 2.05) is 19.2 Å². The van der Waals surface area contributed by atoms with E-state index in [2.05, 4.69) is 37.1 Å². The molecule has 1 N–H and O–H groups in total. The molecule has 0 amide bonds. The first-order valence-electron chi connectivity index (χ1n) is 5.10. The van der Waals surface area contributed by atoms with E-state index < -0.39 is 0 Å². The first-order chi connectivity index (χ1) is 6.47. The topological polar surface area (TPSA) is 24.9 Å². The van der Waals surface area contributed by atoms with Crippen LogP contribution in [0.15, 0.2) is 18.3 Å². The first-order valence-corrected chi connectivity index (χ1v) is 5.10. The summed E-state index contributed by atoms with van der Waals surface area (Å²) in [6, 6.07) is 4.17. The van der Waals surface area contributed by atoms with Crippen LogP contribution in [0.2, 0.25) is 0 Å². The van der Waals surface area contributed by atoms with E-state index in [0.717, 1.165) is 18.8 Å². The molecule has 2 heteroatoms. The van der Waals surface area contributed by atoms with E-state index in [0.29, 0.717) is 5.41 Å². The molecule has 78 valence electrons. The normalized spacial score (nSPS) is 11.7. The monoisotopic (exact) mass is 192 g/mol. The summed E-state index contributed by atoms with van der Waals surface area (Å²) in [5.41, 5.74) is 2.67. The third kappa shape index (κ3) is 4.38. The minimum Gasteiger partial charge on any atom is -0.312 e. The van der Waals surface area contributed by atoms with Crippen molar-refractivity contribution in [3.05, 3.63) is 29.6 Å². The van der Waals surface area contributed by atoms with Crippen LogP contribution in [0, 0.1) is 12.3 Å². The van der Waals surface area contributed by atoms with Gasteiger partial charge < -0.3 is 5.32 Å². The number of aromatic nitrogens is 1. The fraction of sp³-hybridized carbons (Fsp3) is 0.583. The number of aryl methyl sites for hydroxylation is 1. The second-order valence-corrected chi connectivity index (χ2v) is 4.97. The van der Waals surface area contributed by atoms with Gasteiger partial charge in [-0.25, -0.2) is 0 Å². The van der Waals surface area contributed by atoms with E-state index in [4.69, 9.17) is 0 Å². The zero-order valence-corrected chi connectivity index (χ0v) is 9.59. The quantitative estimate of drug-likeness (QED) is 0.796. The van der Waals surface area contributed by atoms with Crippen molar-refractivity contribution in [1.82, 2.24) is 10.3 Å². The molecule has 0 atom stereocenters. The van der Waals surface area contributed by atoms with Crippen molar-refractivity contribution in [2.45, 2.75) is 34.2 Å². The first kappa shape index (κ1) is 11.2. The zero-order valence-electron chi connectivity index (χ0n) is 9.59. The second kappa shape index (κ2) is 4.56. The number of nitrogens with one attached hydrogen (secondary N) is 1. The molecule has 0 aliphatic carbocycles. The van der Waals surface area contributed by atoms with Crippen LogP contribution in [0.4, 0.5) is 0 Å². The number of hydrogen-bond acceptors (Lipinski definition) is 2. The van der Waals surface area contributed by atoms with Crippen molar-refractivity contribution in [3.8, 4) is 0 Å². The minimum atomic E-state index is 0.345. The highest BCUT2D eigenvalue weighted by Crippen LogP contribution is 2.10. The highest BCUT2D eigenvalue weighted by atomic mass is 14.9. The molecule has 0 saturated carbocycles. The second-order valence-electron chi connectivity index (χ2n) is 4.97. The molecule has 1 aromatic heterocycles. The third-order valence-electron chi connectivity index (χ3n) is 1.96. The van der Waals surface area contributed by atoms with Crippen LogP contribution in [-0.4, -0.2) is 11.5 Å². The van der Waals surface area contributed by atoms with Gasteiger partial charge in [0.15, 0.2) is 0 Å². The molecule has 0 saturated heterocycles. The summed E-state index contributed by atoms with van der Waals surface area (Å²) >= 11 is 0. The van der Waals surface area contributed by atoms with Gasteiger partial charge in [-0.15, -0.1) is 0 Å². The largest absolute Gasteiger partial charge is 0.312 e. The Morgan fingerprint density at radius 1 is 1.29 bits per heavy atom. The molecule has 1 aromatic rings. The van der Waals surface area contributed by atoms with Crippen molar-refractivity contribution in [1.29, 1.82) is 0 Å². The third-order valence-corrected chi connectivity index (χ3v) is 1.96. The Balaban J connectivity index is 2.35. The van der Waals surface area contributed by atoms with Crippen molar-refractivity contribution < 1.29 is 0 Å². The van der Waals surface area contributed by atoms with Crippen LogP contribution in [-0.2, 0) is 6.54 Å². The molecule has 14 heavy (non-hydrogen) atoms. The maximum absolute atomic E-state index is 4.25. The highest BCUT2D eigenvalue weighted by Gasteiger charge is 2.08. The number of rotatable bonds is 3. The number of hydrogen-bond donors (Lipinski definition) is 1. The molecule has 0 aromatic carbocycles. The smallest absolute Gasteiger partial charge is 0.0372 e. The predicted octanol–water partition coefficient (Wildman–Crippen LogP) is 2.53. The van der Waals surface area contributed by atoms with Gasteiger partial charge in [-0.05, 0) is 24.0 Å². The molecule has 0 unspecified atom stereocenters. The number of pyridine rings is 1. The average molecular weight is 192 g/mol. The summed E-state index contributed by atoms with van der Waals surface area (Å²) in [4.78, 5) is 4.25. The molecular formula is C12H20N2. The summed E-state index contributed by atoms with van der Waals surface area (Å²) in [7, 11) is 0. The predicted molar refractivity (Wildman–Crippen MR) is 60.1 cm³/mol. The lowest BCUT2D eigenvalue weighted by Gasteiger charge is -2.18. The zero-order chi connectivity index (χ0) is 10.6. The van der Waals surface area contributed by atoms with Gasteiger partial charge >= 0.3 is 0 Å². The van der Waals surface area contributed by atoms with Crippen molar-refractivity contribution in [2.75, 3.05) is 6.54 Å². The Morgan fingerprint density at radius 2 is 2.00 bits per heavy atom. The van der Waals surface area contributed by atoms with Gasteiger partial charge in [0.25, 0.3) is 0 Å². The van der Waals surface area contributed by atoms with E-state index in [-0.39, 0.29) is 0 Å². The van der Waals surface area contributed by atoms with E-state index in [1.165, 1.54) is 5.56 Å². The summed E-state index contributed by atoms with van der Waals surface area (Å²) in [5, 5.41) is 3.42. The highest BCUT2D eigenvalue weighted by molar-refractivity contribution is 5.12. The molecule has 0 bridgehead atoms. The fourth-order valence-corrected chi connectivity index (χ4v) is 1.18. The maximum atomic E-state index is 4.25. The molecule has 1 rings (SSSR count). The molecular weight excluding hydrogens is 172 g/mol. The van der Waals surface area contributed by atoms with Crippen LogP contribution < -0.4 is 5.32 Å². The van der Waals surface area contributed by atoms with Gasteiger partial charge in [0.05, 0.1) is 0 Å². The Bertz CT molecular complexity index is 269. The average Bonchev–Trinajstić information content (AvgIpc) is 2.06. The molecule has 2 nitrogen and oxygen atoms in total. The molecule has 1 heterocycles. The Kier molecular flexibility index (Phi) is 3.64. The van der Waals surface area contributed by atoms with Gasteiger partial charge in [0.1, 0.15) is 0 Å². The van der Waals surface area contributed by atoms with Crippen LogP contribution in [0.5, 0.6) is 0 Å². The summed E-state index contributed by atoms with van der Waals surface area (Å²) < 4.78 is 0. The molecule has 0 aliphatic heterocycles. The molecule has 0 fully saturated rings. The Labute approximate surface area is 86.8 Å². The van der Waals surface area contributed by atoms with Gasteiger partial charge in [-0.1, -0.05) is 26.8 Å². The van der Waals surface area contributed by atoms with Gasteiger partial charge in [-0.2, -0.15) is 0 Å². The van der Waals surface area contributed by atoms with Crippen molar-refractivity contribution in [2.24, 2.45) is 5.41 Å². The Morgan fingerprint density at radius 3 is 2.50 bits per heavy atom. The summed E-state index contributed by atoms with van der Waals surface area (Å²) in [6.07, 6.45) is 1.94. The molecule has 0 spiro atoms. The standard InChI is InChI=1S/C12H20N2/c1-10-5-6-11(8-14-10)7-13-9-12(2,3)4/h5-6,8,13H,7,9H2,1-4H3. The lowest BCUT2D eigenvalue weighted by Crippen LogP contribution is -2.26. The van der Waals surface area contributed by atoms with Gasteiger partial charge in [0, 0.05) is 25.0 Å². The summed E-state index contributed by atoms with van der Waals surface area (Å²) in [6.45, 7) is 10.6. The van der Waals surface area contributed by atoms with Gasteiger partial charge in [0.2, 0.25) is 0 Å². The van der Waals surface area contributed by atoms with Gasteiger partial charge in [-0.3, -0.25) is 4.98 Å². The number of nitrogens with zero attached hydrogens (tertiary/aromatic N) is 1. The van der Waals surface area contributed by atoms with Crippen LogP contribution >= 0.6 is 0 Å². The minimum absolute atomic E-state index is 0.345. The van der Waals surface area contributed by atoms with Crippen molar-refractivity contribution >= 4 is 0 Å². The van der Waals surface area contributed by atoms with Crippen LogP contribution in [0.3, 0.4) is 0 Å². The SMILES string of the molecule is Cc1ccc(CNCC(C)(C)C)cn1. The van der Waals surface area contributed by atoms with E-state index >= 15 is 0 Å². The fourth-order valence-electron chi connectivity index (χ4n) is 1.18. The molecule has 0 aliphatic rings. The van der Waals surface area contributed by atoms with Crippen LogP contribution in [0.1, 0.15) is 32.0 Å². The van der Waals surface area contributed by atoms with E-state index in [1.54, 1.807) is 0 Å². The lowest BCUT2D eigenvalue weighted by molar-refractivity contribution is 0.379. The summed E-state index contributed by atoms with van der Waals surface area (Å²) in [5.74, 6) is 0. The molecule has 0 radical (unpaired) electrons. The maximum Gasteiger partial charge on any atom is 0.0372 e.